The van der Waals surface area contributed by atoms with Crippen molar-refractivity contribution in [1.82, 2.24) is 14.8 Å². The number of hydrogen-bond donors (Lipinski definition) is 1. The van der Waals surface area contributed by atoms with Crippen LogP contribution in [-0.2, 0) is 13.0 Å². The minimum absolute atomic E-state index is 0. The molecule has 2 heterocycles. The minimum atomic E-state index is 0. The molecule has 1 aliphatic heterocycles. The molecule has 26 heavy (non-hydrogen) atoms. The van der Waals surface area contributed by atoms with Crippen LogP contribution in [0.15, 0.2) is 23.6 Å². The molecule has 8 heteroatoms. The van der Waals surface area contributed by atoms with E-state index in [1.807, 2.05) is 24.0 Å². The normalized spacial score (nSPS) is 14.5. The van der Waals surface area contributed by atoms with Crippen LogP contribution >= 0.6 is 36.2 Å². The highest BCUT2D eigenvalue weighted by Crippen LogP contribution is 2.18. The third-order valence-corrected chi connectivity index (χ3v) is 5.48. The summed E-state index contributed by atoms with van der Waals surface area (Å²) < 4.78 is 0. The number of aryl methyl sites for hydroxylation is 2. The monoisotopic (exact) mass is 416 g/mol. The Morgan fingerprint density at radius 2 is 1.92 bits per heavy atom. The number of carbonyl (C=O) groups is 1. The number of hydrogen-bond acceptors (Lipinski definition) is 5. The van der Waals surface area contributed by atoms with Gasteiger partial charge in [0.25, 0.3) is 5.91 Å². The zero-order chi connectivity index (χ0) is 17.1. The first-order chi connectivity index (χ1) is 11.6. The summed E-state index contributed by atoms with van der Waals surface area (Å²) in [7, 11) is 0. The number of carbonyl (C=O) groups excluding carboxylic acids is 1. The van der Waals surface area contributed by atoms with Crippen LogP contribution in [0.4, 0.5) is 5.69 Å². The second-order valence-electron chi connectivity index (χ2n) is 6.23. The van der Waals surface area contributed by atoms with E-state index in [1.54, 1.807) is 17.4 Å². The predicted molar refractivity (Wildman–Crippen MR) is 113 cm³/mol. The number of nitrogen functional groups attached to an aromatic ring is 1. The molecule has 0 unspecified atom stereocenters. The van der Waals surface area contributed by atoms with Gasteiger partial charge in [0, 0.05) is 49.4 Å². The number of rotatable bonds is 4. The average Bonchev–Trinajstić information content (AvgIpc) is 3.05. The number of nitrogens with zero attached hydrogens (tertiary/aromatic N) is 3. The molecule has 1 aliphatic rings. The first-order valence-corrected chi connectivity index (χ1v) is 9.26. The average molecular weight is 417 g/mol. The summed E-state index contributed by atoms with van der Waals surface area (Å²) in [6.45, 7) is 8.21. The van der Waals surface area contributed by atoms with Gasteiger partial charge in [0.1, 0.15) is 0 Å². The van der Waals surface area contributed by atoms with E-state index in [-0.39, 0.29) is 30.7 Å². The lowest BCUT2D eigenvalue weighted by atomic mass is 10.1. The van der Waals surface area contributed by atoms with E-state index in [4.69, 9.17) is 5.73 Å². The van der Waals surface area contributed by atoms with Crippen molar-refractivity contribution in [3.8, 4) is 0 Å². The van der Waals surface area contributed by atoms with Gasteiger partial charge >= 0.3 is 0 Å². The van der Waals surface area contributed by atoms with Crippen LogP contribution in [0.1, 0.15) is 33.5 Å². The second kappa shape index (κ2) is 10.1. The fraction of sp³-hybridized carbons (Fsp3) is 0.444. The van der Waals surface area contributed by atoms with E-state index in [0.29, 0.717) is 5.69 Å². The summed E-state index contributed by atoms with van der Waals surface area (Å²) in [4.78, 5) is 21.6. The number of halogens is 2. The maximum Gasteiger partial charge on any atom is 0.254 e. The molecule has 5 nitrogen and oxygen atoms in total. The van der Waals surface area contributed by atoms with Crippen molar-refractivity contribution in [2.24, 2.45) is 0 Å². The molecule has 2 N–H and O–H groups in total. The van der Waals surface area contributed by atoms with Crippen LogP contribution < -0.4 is 5.73 Å². The van der Waals surface area contributed by atoms with E-state index in [0.717, 1.165) is 56.0 Å². The third-order valence-electron chi connectivity index (χ3n) is 4.44. The lowest BCUT2D eigenvalue weighted by Crippen LogP contribution is -2.48. The predicted octanol–water partition coefficient (Wildman–Crippen LogP) is 3.40. The quantitative estimate of drug-likeness (QED) is 0.775. The molecule has 2 aromatic rings. The molecule has 1 aromatic carbocycles. The second-order valence-corrected chi connectivity index (χ2v) is 7.17. The highest BCUT2D eigenvalue weighted by Gasteiger charge is 2.23. The molecule has 0 aliphatic carbocycles. The van der Waals surface area contributed by atoms with Crippen LogP contribution in [-0.4, -0.2) is 46.9 Å². The van der Waals surface area contributed by atoms with Crippen molar-refractivity contribution < 1.29 is 4.79 Å². The molecule has 1 fully saturated rings. The van der Waals surface area contributed by atoms with Crippen molar-refractivity contribution in [2.45, 2.75) is 26.8 Å². The largest absolute Gasteiger partial charge is 0.399 e. The number of thiazole rings is 1. The Labute approximate surface area is 171 Å². The van der Waals surface area contributed by atoms with Gasteiger partial charge < -0.3 is 10.6 Å². The Hall–Kier alpha value is -1.34. The molecule has 0 spiro atoms. The van der Waals surface area contributed by atoms with Crippen LogP contribution in [0, 0.1) is 6.92 Å². The first kappa shape index (κ1) is 22.7. The highest BCUT2D eigenvalue weighted by molar-refractivity contribution is 7.09. The fourth-order valence-electron chi connectivity index (χ4n) is 2.96. The van der Waals surface area contributed by atoms with Crippen molar-refractivity contribution in [1.29, 1.82) is 0 Å². The Kier molecular flexibility index (Phi) is 8.83. The molecule has 0 bridgehead atoms. The maximum absolute atomic E-state index is 12.7. The SMILES string of the molecule is CCc1nc(CN2CCN(C(=O)c3cc(N)ccc3C)CC2)cs1.Cl.Cl. The fourth-order valence-corrected chi connectivity index (χ4v) is 3.70. The number of aromatic nitrogens is 1. The molecule has 1 saturated heterocycles. The molecular formula is C18H26Cl2N4OS. The van der Waals surface area contributed by atoms with Gasteiger partial charge in [-0.1, -0.05) is 13.0 Å². The third kappa shape index (κ3) is 5.33. The lowest BCUT2D eigenvalue weighted by Gasteiger charge is -2.34. The van der Waals surface area contributed by atoms with Crippen LogP contribution in [0.3, 0.4) is 0 Å². The van der Waals surface area contributed by atoms with Crippen LogP contribution in [0.2, 0.25) is 0 Å². The van der Waals surface area contributed by atoms with E-state index in [2.05, 4.69) is 22.2 Å². The van der Waals surface area contributed by atoms with Gasteiger partial charge in [-0.2, -0.15) is 0 Å². The molecule has 0 saturated carbocycles. The number of piperazine rings is 1. The zero-order valence-corrected chi connectivity index (χ0v) is 17.6. The van der Waals surface area contributed by atoms with E-state index in [9.17, 15) is 4.79 Å². The Bertz CT molecular complexity index is 730. The summed E-state index contributed by atoms with van der Waals surface area (Å²) in [5.41, 5.74) is 9.31. The minimum Gasteiger partial charge on any atom is -0.399 e. The van der Waals surface area contributed by atoms with E-state index >= 15 is 0 Å². The summed E-state index contributed by atoms with van der Waals surface area (Å²) in [6.07, 6.45) is 0.993. The van der Waals surface area contributed by atoms with Crippen LogP contribution in [0.5, 0.6) is 0 Å². The van der Waals surface area contributed by atoms with E-state index in [1.165, 1.54) is 5.01 Å². The van der Waals surface area contributed by atoms with Gasteiger partial charge in [0.15, 0.2) is 0 Å². The molecule has 0 atom stereocenters. The van der Waals surface area contributed by atoms with Gasteiger partial charge in [0.2, 0.25) is 0 Å². The number of benzene rings is 1. The molecule has 3 rings (SSSR count). The van der Waals surface area contributed by atoms with Gasteiger partial charge in [-0.3, -0.25) is 9.69 Å². The highest BCUT2D eigenvalue weighted by atomic mass is 35.5. The molecule has 1 aromatic heterocycles. The van der Waals surface area contributed by atoms with E-state index < -0.39 is 0 Å². The number of anilines is 1. The van der Waals surface area contributed by atoms with Gasteiger partial charge in [-0.25, -0.2) is 4.98 Å². The first-order valence-electron chi connectivity index (χ1n) is 8.38. The zero-order valence-electron chi connectivity index (χ0n) is 15.1. The van der Waals surface area contributed by atoms with Crippen molar-refractivity contribution >= 4 is 47.7 Å². The Balaban J connectivity index is 0.00000169. The van der Waals surface area contributed by atoms with Crippen molar-refractivity contribution in [3.05, 3.63) is 45.4 Å². The number of nitrogens with two attached hydrogens (primary N) is 1. The molecular weight excluding hydrogens is 391 g/mol. The molecule has 144 valence electrons. The van der Waals surface area contributed by atoms with Gasteiger partial charge in [0.05, 0.1) is 10.7 Å². The summed E-state index contributed by atoms with van der Waals surface area (Å²) >= 11 is 1.73. The standard InChI is InChI=1S/C18H24N4OS.2ClH/c1-3-17-20-15(12-24-17)11-21-6-8-22(9-7-21)18(23)16-10-14(19)5-4-13(16)2;;/h4-5,10,12H,3,6-9,11,19H2,1-2H3;2*1H. The maximum atomic E-state index is 12.7. The van der Waals surface area contributed by atoms with Crippen LogP contribution in [0.25, 0.3) is 0 Å². The number of amides is 1. The summed E-state index contributed by atoms with van der Waals surface area (Å²) in [5.74, 6) is 0.0846. The molecule has 1 amide bonds. The van der Waals surface area contributed by atoms with Gasteiger partial charge in [-0.15, -0.1) is 36.2 Å². The Morgan fingerprint density at radius 1 is 1.23 bits per heavy atom. The summed E-state index contributed by atoms with van der Waals surface area (Å²) in [5, 5.41) is 3.34. The topological polar surface area (TPSA) is 62.5 Å². The van der Waals surface area contributed by atoms with Crippen molar-refractivity contribution in [2.75, 3.05) is 31.9 Å². The van der Waals surface area contributed by atoms with Crippen molar-refractivity contribution in [3.63, 3.8) is 0 Å². The summed E-state index contributed by atoms with van der Waals surface area (Å²) in [6, 6.07) is 5.53. The van der Waals surface area contributed by atoms with Gasteiger partial charge in [-0.05, 0) is 31.0 Å². The molecule has 0 radical (unpaired) electrons. The Morgan fingerprint density at radius 3 is 2.54 bits per heavy atom. The lowest BCUT2D eigenvalue weighted by molar-refractivity contribution is 0.0626. The smallest absolute Gasteiger partial charge is 0.254 e.